The van der Waals surface area contributed by atoms with Crippen molar-refractivity contribution in [3.05, 3.63) is 35.7 Å². The van der Waals surface area contributed by atoms with E-state index in [0.717, 1.165) is 4.90 Å². The van der Waals surface area contributed by atoms with Crippen LogP contribution in [-0.4, -0.2) is 58.1 Å². The monoisotopic (exact) mass is 398 g/mol. The Kier molecular flexibility index (Phi) is 5.97. The Morgan fingerprint density at radius 1 is 1.31 bits per heavy atom. The van der Waals surface area contributed by atoms with Gasteiger partial charge >= 0.3 is 6.03 Å². The van der Waals surface area contributed by atoms with Crippen LogP contribution in [0, 0.1) is 11.3 Å². The van der Waals surface area contributed by atoms with Gasteiger partial charge in [-0.1, -0.05) is 5.21 Å². The fourth-order valence-corrected chi connectivity index (χ4v) is 2.90. The standard InChI is InChI=1S/C19H22N6O4/c1-12(2)25-11-14(22-23-25)9-15-18(26)24(19(27)21-15)6-7-29-16-5-4-13(10-20)8-17(16)28-3/h4-5,8,11-12,15H,6-7,9H2,1-3H3,(H,21,27)/t15-/m1/s1. The molecule has 1 aromatic carbocycles. The highest BCUT2D eigenvalue weighted by Gasteiger charge is 2.38. The Bertz CT molecular complexity index is 948. The SMILES string of the molecule is COc1cc(C#N)ccc1OCCN1C(=O)N[C@H](Cc2cn(C(C)C)nn2)C1=O. The summed E-state index contributed by atoms with van der Waals surface area (Å²) in [6.07, 6.45) is 2.05. The van der Waals surface area contributed by atoms with Crippen molar-refractivity contribution in [2.75, 3.05) is 20.3 Å². The number of rotatable bonds is 8. The van der Waals surface area contributed by atoms with E-state index in [1.807, 2.05) is 19.9 Å². The van der Waals surface area contributed by atoms with Crippen LogP contribution >= 0.6 is 0 Å². The summed E-state index contributed by atoms with van der Waals surface area (Å²) in [4.78, 5) is 25.9. The number of ether oxygens (including phenoxy) is 2. The van der Waals surface area contributed by atoms with Crippen LogP contribution in [-0.2, 0) is 11.2 Å². The summed E-state index contributed by atoms with van der Waals surface area (Å²) >= 11 is 0. The number of hydrogen-bond acceptors (Lipinski definition) is 7. The highest BCUT2D eigenvalue weighted by atomic mass is 16.5. The number of amides is 3. The number of imide groups is 1. The van der Waals surface area contributed by atoms with E-state index in [2.05, 4.69) is 15.6 Å². The molecular formula is C19H22N6O4. The number of hydrogen-bond donors (Lipinski definition) is 1. The highest BCUT2D eigenvalue weighted by Crippen LogP contribution is 2.27. The normalized spacial score (nSPS) is 16.1. The fraction of sp³-hybridized carbons (Fsp3) is 0.421. The van der Waals surface area contributed by atoms with Gasteiger partial charge in [0.05, 0.1) is 31.0 Å². The molecule has 2 aromatic rings. The van der Waals surface area contributed by atoms with Gasteiger partial charge in [0.25, 0.3) is 5.91 Å². The molecule has 3 rings (SSSR count). The zero-order chi connectivity index (χ0) is 21.0. The molecule has 0 spiro atoms. The molecule has 0 bridgehead atoms. The Morgan fingerprint density at radius 3 is 2.76 bits per heavy atom. The molecule has 152 valence electrons. The number of aromatic nitrogens is 3. The first-order chi connectivity index (χ1) is 13.9. The Balaban J connectivity index is 1.57. The predicted octanol–water partition coefficient (Wildman–Crippen LogP) is 1.28. The zero-order valence-corrected chi connectivity index (χ0v) is 16.5. The number of benzene rings is 1. The van der Waals surface area contributed by atoms with Crippen LogP contribution in [0.15, 0.2) is 24.4 Å². The lowest BCUT2D eigenvalue weighted by molar-refractivity contribution is -0.127. The second-order valence-corrected chi connectivity index (χ2v) is 6.81. The van der Waals surface area contributed by atoms with Crippen LogP contribution in [0.5, 0.6) is 11.5 Å². The van der Waals surface area contributed by atoms with Gasteiger partial charge in [0.2, 0.25) is 0 Å². The van der Waals surface area contributed by atoms with Gasteiger partial charge in [-0.2, -0.15) is 5.26 Å². The number of carbonyl (C=O) groups is 2. The number of carbonyl (C=O) groups excluding carboxylic acids is 2. The third-order valence-corrected chi connectivity index (χ3v) is 4.47. The summed E-state index contributed by atoms with van der Waals surface area (Å²) in [7, 11) is 1.47. The second-order valence-electron chi connectivity index (χ2n) is 6.81. The molecule has 10 nitrogen and oxygen atoms in total. The topological polar surface area (TPSA) is 122 Å². The molecule has 0 unspecified atom stereocenters. The maximum Gasteiger partial charge on any atom is 0.324 e. The second kappa shape index (κ2) is 8.60. The van der Waals surface area contributed by atoms with E-state index >= 15 is 0 Å². The van der Waals surface area contributed by atoms with Crippen molar-refractivity contribution in [2.45, 2.75) is 32.4 Å². The van der Waals surface area contributed by atoms with Gasteiger partial charge in [0, 0.05) is 24.7 Å². The molecule has 1 saturated heterocycles. The third-order valence-electron chi connectivity index (χ3n) is 4.47. The van der Waals surface area contributed by atoms with Crippen molar-refractivity contribution >= 4 is 11.9 Å². The summed E-state index contributed by atoms with van der Waals surface area (Å²) < 4.78 is 12.5. The highest BCUT2D eigenvalue weighted by molar-refractivity contribution is 6.04. The summed E-state index contributed by atoms with van der Waals surface area (Å²) in [6.45, 7) is 4.14. The van der Waals surface area contributed by atoms with E-state index in [-0.39, 0.29) is 31.5 Å². The smallest absolute Gasteiger partial charge is 0.324 e. The fourth-order valence-electron chi connectivity index (χ4n) is 2.90. The Hall–Kier alpha value is -3.61. The number of urea groups is 1. The van der Waals surface area contributed by atoms with Gasteiger partial charge in [-0.15, -0.1) is 5.10 Å². The number of nitrogens with one attached hydrogen (secondary N) is 1. The van der Waals surface area contributed by atoms with Crippen LogP contribution in [0.4, 0.5) is 4.79 Å². The van der Waals surface area contributed by atoms with Crippen LogP contribution in [0.25, 0.3) is 0 Å². The van der Waals surface area contributed by atoms with E-state index in [0.29, 0.717) is 22.8 Å². The summed E-state index contributed by atoms with van der Waals surface area (Å²) in [5.74, 6) is 0.511. The van der Waals surface area contributed by atoms with E-state index in [4.69, 9.17) is 14.7 Å². The minimum Gasteiger partial charge on any atom is -0.493 e. The first-order valence-electron chi connectivity index (χ1n) is 9.16. The van der Waals surface area contributed by atoms with Crippen LogP contribution in [0.1, 0.15) is 31.1 Å². The Labute approximate surface area is 168 Å². The quantitative estimate of drug-likeness (QED) is 0.665. The molecule has 0 saturated carbocycles. The molecule has 1 atom stereocenters. The molecule has 0 radical (unpaired) electrons. The molecular weight excluding hydrogens is 376 g/mol. The van der Waals surface area contributed by atoms with Gasteiger partial charge in [0.1, 0.15) is 12.6 Å². The van der Waals surface area contributed by atoms with E-state index < -0.39 is 12.1 Å². The molecule has 3 amide bonds. The molecule has 10 heteroatoms. The largest absolute Gasteiger partial charge is 0.493 e. The maximum absolute atomic E-state index is 12.6. The van der Waals surface area contributed by atoms with Crippen molar-refractivity contribution in [3.63, 3.8) is 0 Å². The van der Waals surface area contributed by atoms with Crippen molar-refractivity contribution in [3.8, 4) is 17.6 Å². The maximum atomic E-state index is 12.6. The van der Waals surface area contributed by atoms with Gasteiger partial charge in [0.15, 0.2) is 11.5 Å². The molecule has 1 aliphatic heterocycles. The molecule has 1 fully saturated rings. The molecule has 1 aliphatic rings. The van der Waals surface area contributed by atoms with E-state index in [1.54, 1.807) is 29.1 Å². The van der Waals surface area contributed by atoms with Gasteiger partial charge in [-0.05, 0) is 26.0 Å². The average molecular weight is 398 g/mol. The van der Waals surface area contributed by atoms with Crippen molar-refractivity contribution in [1.82, 2.24) is 25.2 Å². The zero-order valence-electron chi connectivity index (χ0n) is 16.5. The van der Waals surface area contributed by atoms with Crippen molar-refractivity contribution in [2.24, 2.45) is 0 Å². The minimum atomic E-state index is -0.677. The van der Waals surface area contributed by atoms with E-state index in [9.17, 15) is 9.59 Å². The van der Waals surface area contributed by atoms with Gasteiger partial charge in [-0.3, -0.25) is 9.69 Å². The first kappa shape index (κ1) is 20.1. The van der Waals surface area contributed by atoms with Crippen LogP contribution < -0.4 is 14.8 Å². The van der Waals surface area contributed by atoms with Gasteiger partial charge < -0.3 is 14.8 Å². The number of methoxy groups -OCH3 is 1. The lowest BCUT2D eigenvalue weighted by atomic mass is 10.1. The predicted molar refractivity (Wildman–Crippen MR) is 101 cm³/mol. The van der Waals surface area contributed by atoms with Crippen molar-refractivity contribution in [1.29, 1.82) is 5.26 Å². The molecule has 1 N–H and O–H groups in total. The number of nitrogens with zero attached hydrogens (tertiary/aromatic N) is 5. The van der Waals surface area contributed by atoms with Crippen LogP contribution in [0.3, 0.4) is 0 Å². The Morgan fingerprint density at radius 2 is 2.10 bits per heavy atom. The average Bonchev–Trinajstić information content (AvgIpc) is 3.28. The first-order valence-corrected chi connectivity index (χ1v) is 9.16. The molecule has 0 aliphatic carbocycles. The summed E-state index contributed by atoms with van der Waals surface area (Å²) in [5, 5.41) is 19.7. The molecule has 29 heavy (non-hydrogen) atoms. The molecule has 2 heterocycles. The summed E-state index contributed by atoms with van der Waals surface area (Å²) in [6, 6.07) is 5.82. The molecule has 1 aromatic heterocycles. The lowest BCUT2D eigenvalue weighted by Gasteiger charge is -2.15. The summed E-state index contributed by atoms with van der Waals surface area (Å²) in [5.41, 5.74) is 1.08. The number of nitriles is 1. The van der Waals surface area contributed by atoms with E-state index in [1.165, 1.54) is 7.11 Å². The lowest BCUT2D eigenvalue weighted by Crippen LogP contribution is -2.35. The third kappa shape index (κ3) is 4.45. The van der Waals surface area contributed by atoms with Gasteiger partial charge in [-0.25, -0.2) is 9.48 Å². The minimum absolute atomic E-state index is 0.0863. The van der Waals surface area contributed by atoms with Crippen LogP contribution in [0.2, 0.25) is 0 Å². The van der Waals surface area contributed by atoms with Crippen molar-refractivity contribution < 1.29 is 19.1 Å².